The lowest BCUT2D eigenvalue weighted by Gasteiger charge is -2.23. The van der Waals surface area contributed by atoms with Crippen molar-refractivity contribution in [3.05, 3.63) is 29.8 Å². The second-order valence-corrected chi connectivity index (χ2v) is 4.97. The lowest BCUT2D eigenvalue weighted by atomic mass is 9.92. The standard InChI is InChI=1S/C15H22O2/c1-2-3-11-17-14-8-6-7-13(12-14)15(16)9-4-5-10-15/h6-8,12,16H,2-5,9-11H2,1H3. The summed E-state index contributed by atoms with van der Waals surface area (Å²) in [6, 6.07) is 7.96. The second-order valence-electron chi connectivity index (χ2n) is 4.97. The van der Waals surface area contributed by atoms with Gasteiger partial charge in [0, 0.05) is 0 Å². The molecule has 1 saturated carbocycles. The summed E-state index contributed by atoms with van der Waals surface area (Å²) in [5.41, 5.74) is 0.411. The van der Waals surface area contributed by atoms with Gasteiger partial charge in [-0.05, 0) is 37.0 Å². The molecule has 0 heterocycles. The largest absolute Gasteiger partial charge is 0.494 e. The number of unbranched alkanes of at least 4 members (excludes halogenated alkanes) is 1. The van der Waals surface area contributed by atoms with Crippen molar-refractivity contribution in [2.75, 3.05) is 6.61 Å². The van der Waals surface area contributed by atoms with E-state index >= 15 is 0 Å². The molecule has 0 bridgehead atoms. The van der Waals surface area contributed by atoms with Gasteiger partial charge in [0.1, 0.15) is 5.75 Å². The molecule has 1 N–H and O–H groups in total. The number of hydrogen-bond donors (Lipinski definition) is 1. The summed E-state index contributed by atoms with van der Waals surface area (Å²) in [6.45, 7) is 2.92. The molecular formula is C15H22O2. The molecule has 2 heteroatoms. The van der Waals surface area contributed by atoms with Gasteiger partial charge in [0.2, 0.25) is 0 Å². The van der Waals surface area contributed by atoms with Crippen molar-refractivity contribution in [3.63, 3.8) is 0 Å². The maximum atomic E-state index is 10.5. The van der Waals surface area contributed by atoms with Crippen LogP contribution in [0.3, 0.4) is 0 Å². The van der Waals surface area contributed by atoms with Crippen LogP contribution in [0, 0.1) is 0 Å². The monoisotopic (exact) mass is 234 g/mol. The number of benzene rings is 1. The molecule has 0 unspecified atom stereocenters. The van der Waals surface area contributed by atoms with E-state index in [0.29, 0.717) is 0 Å². The molecule has 0 radical (unpaired) electrons. The highest BCUT2D eigenvalue weighted by Gasteiger charge is 2.32. The van der Waals surface area contributed by atoms with E-state index in [0.717, 1.165) is 56.4 Å². The zero-order valence-electron chi connectivity index (χ0n) is 10.6. The third kappa shape index (κ3) is 3.01. The smallest absolute Gasteiger partial charge is 0.119 e. The van der Waals surface area contributed by atoms with Gasteiger partial charge in [-0.25, -0.2) is 0 Å². The predicted octanol–water partition coefficient (Wildman–Crippen LogP) is 3.63. The molecule has 1 aromatic rings. The molecule has 2 nitrogen and oxygen atoms in total. The fraction of sp³-hybridized carbons (Fsp3) is 0.600. The number of rotatable bonds is 5. The Kier molecular flexibility index (Phi) is 4.06. The van der Waals surface area contributed by atoms with E-state index in [1.165, 1.54) is 0 Å². The summed E-state index contributed by atoms with van der Waals surface area (Å²) in [5, 5.41) is 10.5. The molecular weight excluding hydrogens is 212 g/mol. The highest BCUT2D eigenvalue weighted by Crippen LogP contribution is 2.39. The summed E-state index contributed by atoms with van der Waals surface area (Å²) in [6.07, 6.45) is 6.23. The number of hydrogen-bond acceptors (Lipinski definition) is 2. The van der Waals surface area contributed by atoms with Gasteiger partial charge in [-0.15, -0.1) is 0 Å². The van der Waals surface area contributed by atoms with Crippen molar-refractivity contribution in [3.8, 4) is 5.75 Å². The molecule has 0 saturated heterocycles. The SMILES string of the molecule is CCCCOc1cccc(C2(O)CCCC2)c1. The summed E-state index contributed by atoms with van der Waals surface area (Å²) in [4.78, 5) is 0. The Morgan fingerprint density at radius 1 is 1.29 bits per heavy atom. The fourth-order valence-electron chi connectivity index (χ4n) is 2.46. The Morgan fingerprint density at radius 3 is 2.76 bits per heavy atom. The summed E-state index contributed by atoms with van der Waals surface area (Å²) >= 11 is 0. The molecule has 1 aliphatic rings. The van der Waals surface area contributed by atoms with Gasteiger partial charge in [-0.2, -0.15) is 0 Å². The molecule has 1 aromatic carbocycles. The lowest BCUT2D eigenvalue weighted by molar-refractivity contribution is 0.0442. The van der Waals surface area contributed by atoms with E-state index in [1.807, 2.05) is 24.3 Å². The quantitative estimate of drug-likeness (QED) is 0.788. The Labute approximate surface area is 104 Å². The van der Waals surface area contributed by atoms with Gasteiger partial charge in [0.05, 0.1) is 12.2 Å². The fourth-order valence-corrected chi connectivity index (χ4v) is 2.46. The molecule has 1 fully saturated rings. The Balaban J connectivity index is 2.05. The summed E-state index contributed by atoms with van der Waals surface area (Å²) in [5.74, 6) is 0.885. The van der Waals surface area contributed by atoms with Gasteiger partial charge < -0.3 is 9.84 Å². The topological polar surface area (TPSA) is 29.5 Å². The van der Waals surface area contributed by atoms with Crippen LogP contribution in [0.2, 0.25) is 0 Å². The Morgan fingerprint density at radius 2 is 2.06 bits per heavy atom. The molecule has 0 spiro atoms. The van der Waals surface area contributed by atoms with Gasteiger partial charge in [-0.1, -0.05) is 38.3 Å². The summed E-state index contributed by atoms with van der Waals surface area (Å²) in [7, 11) is 0. The van der Waals surface area contributed by atoms with Crippen LogP contribution in [0.15, 0.2) is 24.3 Å². The predicted molar refractivity (Wildman–Crippen MR) is 69.2 cm³/mol. The van der Waals surface area contributed by atoms with Gasteiger partial charge in [0.15, 0.2) is 0 Å². The van der Waals surface area contributed by atoms with Gasteiger partial charge in [0.25, 0.3) is 0 Å². The first-order valence-corrected chi connectivity index (χ1v) is 6.70. The average molecular weight is 234 g/mol. The van der Waals surface area contributed by atoms with E-state index in [4.69, 9.17) is 4.74 Å². The van der Waals surface area contributed by atoms with Crippen molar-refractivity contribution in [2.24, 2.45) is 0 Å². The zero-order valence-corrected chi connectivity index (χ0v) is 10.6. The minimum atomic E-state index is -0.607. The van der Waals surface area contributed by atoms with Crippen molar-refractivity contribution in [1.29, 1.82) is 0 Å². The molecule has 2 rings (SSSR count). The van der Waals surface area contributed by atoms with Crippen LogP contribution in [0.1, 0.15) is 51.0 Å². The molecule has 0 atom stereocenters. The third-order valence-corrected chi connectivity index (χ3v) is 3.57. The van der Waals surface area contributed by atoms with E-state index < -0.39 is 5.60 Å². The molecule has 94 valence electrons. The minimum absolute atomic E-state index is 0.607. The highest BCUT2D eigenvalue weighted by atomic mass is 16.5. The normalized spacial score (nSPS) is 18.2. The molecule has 0 aromatic heterocycles. The Bertz CT molecular complexity index is 354. The van der Waals surface area contributed by atoms with Crippen LogP contribution in [0.4, 0.5) is 0 Å². The Hall–Kier alpha value is -1.02. The van der Waals surface area contributed by atoms with Crippen LogP contribution in [-0.2, 0) is 5.60 Å². The molecule has 0 amide bonds. The molecule has 17 heavy (non-hydrogen) atoms. The lowest BCUT2D eigenvalue weighted by Crippen LogP contribution is -2.20. The van der Waals surface area contributed by atoms with E-state index in [1.54, 1.807) is 0 Å². The van der Waals surface area contributed by atoms with Crippen molar-refractivity contribution in [2.45, 2.75) is 51.0 Å². The number of aliphatic hydroxyl groups is 1. The van der Waals surface area contributed by atoms with E-state index in [9.17, 15) is 5.11 Å². The van der Waals surface area contributed by atoms with E-state index in [-0.39, 0.29) is 0 Å². The van der Waals surface area contributed by atoms with Crippen molar-refractivity contribution in [1.82, 2.24) is 0 Å². The first-order valence-electron chi connectivity index (χ1n) is 6.70. The minimum Gasteiger partial charge on any atom is -0.494 e. The van der Waals surface area contributed by atoms with Crippen LogP contribution in [0.5, 0.6) is 5.75 Å². The van der Waals surface area contributed by atoms with Crippen molar-refractivity contribution < 1.29 is 9.84 Å². The van der Waals surface area contributed by atoms with Crippen LogP contribution in [0.25, 0.3) is 0 Å². The van der Waals surface area contributed by atoms with Gasteiger partial charge in [-0.3, -0.25) is 0 Å². The van der Waals surface area contributed by atoms with Crippen LogP contribution >= 0.6 is 0 Å². The number of ether oxygens (including phenoxy) is 1. The van der Waals surface area contributed by atoms with Gasteiger partial charge >= 0.3 is 0 Å². The van der Waals surface area contributed by atoms with E-state index in [2.05, 4.69) is 6.92 Å². The average Bonchev–Trinajstić information content (AvgIpc) is 2.78. The second kappa shape index (κ2) is 5.54. The maximum Gasteiger partial charge on any atom is 0.119 e. The molecule has 1 aliphatic carbocycles. The maximum absolute atomic E-state index is 10.5. The van der Waals surface area contributed by atoms with Crippen LogP contribution < -0.4 is 4.74 Å². The zero-order chi connectivity index (χ0) is 12.1. The van der Waals surface area contributed by atoms with Crippen LogP contribution in [-0.4, -0.2) is 11.7 Å². The highest BCUT2D eigenvalue weighted by molar-refractivity contribution is 5.32. The summed E-state index contributed by atoms with van der Waals surface area (Å²) < 4.78 is 5.68. The molecule has 0 aliphatic heterocycles. The third-order valence-electron chi connectivity index (χ3n) is 3.57. The first kappa shape index (κ1) is 12.4. The first-order chi connectivity index (χ1) is 8.24. The van der Waals surface area contributed by atoms with Crippen molar-refractivity contribution >= 4 is 0 Å².